The SMILES string of the molecule is Cc1cc2ccc(CC(C)N)cc2o1. The molecule has 1 atom stereocenters. The summed E-state index contributed by atoms with van der Waals surface area (Å²) >= 11 is 0. The van der Waals surface area contributed by atoms with Gasteiger partial charge in [0.05, 0.1) is 0 Å². The zero-order valence-corrected chi connectivity index (χ0v) is 8.58. The molecule has 0 bridgehead atoms. The van der Waals surface area contributed by atoms with Gasteiger partial charge in [0.15, 0.2) is 0 Å². The minimum atomic E-state index is 0.198. The van der Waals surface area contributed by atoms with Crippen molar-refractivity contribution in [2.24, 2.45) is 5.73 Å². The minimum Gasteiger partial charge on any atom is -0.461 e. The molecule has 2 rings (SSSR count). The average Bonchev–Trinajstić information content (AvgIpc) is 2.42. The Bertz CT molecular complexity index is 443. The van der Waals surface area contributed by atoms with E-state index in [-0.39, 0.29) is 6.04 Å². The largest absolute Gasteiger partial charge is 0.461 e. The van der Waals surface area contributed by atoms with E-state index in [9.17, 15) is 0 Å². The third-order valence-electron chi connectivity index (χ3n) is 2.27. The molecule has 2 nitrogen and oxygen atoms in total. The second kappa shape index (κ2) is 3.46. The number of furan rings is 1. The summed E-state index contributed by atoms with van der Waals surface area (Å²) < 4.78 is 5.55. The zero-order valence-electron chi connectivity index (χ0n) is 8.58. The third-order valence-corrected chi connectivity index (χ3v) is 2.27. The molecule has 0 saturated carbocycles. The average molecular weight is 189 g/mol. The van der Waals surface area contributed by atoms with Gasteiger partial charge in [-0.1, -0.05) is 12.1 Å². The first-order chi connectivity index (χ1) is 6.65. The Labute approximate surface area is 83.7 Å². The predicted molar refractivity (Wildman–Crippen MR) is 58.3 cm³/mol. The molecule has 1 aromatic carbocycles. The molecule has 0 amide bonds. The van der Waals surface area contributed by atoms with Crippen LogP contribution in [-0.4, -0.2) is 6.04 Å². The molecule has 0 aliphatic carbocycles. The van der Waals surface area contributed by atoms with Gasteiger partial charge in [-0.15, -0.1) is 0 Å². The third kappa shape index (κ3) is 1.80. The molecule has 1 unspecified atom stereocenters. The van der Waals surface area contributed by atoms with Crippen molar-refractivity contribution in [2.75, 3.05) is 0 Å². The first-order valence-corrected chi connectivity index (χ1v) is 4.90. The number of benzene rings is 1. The van der Waals surface area contributed by atoms with Crippen LogP contribution in [0.1, 0.15) is 18.2 Å². The summed E-state index contributed by atoms with van der Waals surface area (Å²) in [6, 6.07) is 8.52. The van der Waals surface area contributed by atoms with Crippen molar-refractivity contribution in [2.45, 2.75) is 26.3 Å². The van der Waals surface area contributed by atoms with Gasteiger partial charge >= 0.3 is 0 Å². The normalized spacial score (nSPS) is 13.4. The smallest absolute Gasteiger partial charge is 0.134 e. The lowest BCUT2D eigenvalue weighted by molar-refractivity contribution is 0.578. The Balaban J connectivity index is 2.40. The first kappa shape index (κ1) is 9.28. The molecule has 1 aromatic heterocycles. The maximum absolute atomic E-state index is 5.74. The molecule has 2 heteroatoms. The summed E-state index contributed by atoms with van der Waals surface area (Å²) in [5.74, 6) is 0.956. The van der Waals surface area contributed by atoms with Gasteiger partial charge in [-0.05, 0) is 38.0 Å². The second-order valence-corrected chi connectivity index (χ2v) is 3.91. The molecule has 0 aliphatic rings. The molecule has 0 spiro atoms. The van der Waals surface area contributed by atoms with Crippen molar-refractivity contribution in [1.29, 1.82) is 0 Å². The van der Waals surface area contributed by atoms with Crippen LogP contribution in [0, 0.1) is 6.92 Å². The van der Waals surface area contributed by atoms with Crippen molar-refractivity contribution < 1.29 is 4.42 Å². The van der Waals surface area contributed by atoms with E-state index in [1.165, 1.54) is 5.56 Å². The van der Waals surface area contributed by atoms with E-state index in [2.05, 4.69) is 18.2 Å². The van der Waals surface area contributed by atoms with Crippen molar-refractivity contribution in [3.05, 3.63) is 35.6 Å². The molecule has 0 aliphatic heterocycles. The summed E-state index contributed by atoms with van der Waals surface area (Å²) in [6.45, 7) is 3.98. The maximum atomic E-state index is 5.74. The van der Waals surface area contributed by atoms with Gasteiger partial charge in [-0.2, -0.15) is 0 Å². The van der Waals surface area contributed by atoms with Crippen molar-refractivity contribution in [3.63, 3.8) is 0 Å². The number of aryl methyl sites for hydroxylation is 1. The van der Waals surface area contributed by atoms with Crippen LogP contribution in [-0.2, 0) is 6.42 Å². The van der Waals surface area contributed by atoms with Gasteiger partial charge in [0.2, 0.25) is 0 Å². The molecule has 2 aromatic rings. The summed E-state index contributed by atoms with van der Waals surface area (Å²) in [7, 11) is 0. The van der Waals surface area contributed by atoms with E-state index >= 15 is 0 Å². The van der Waals surface area contributed by atoms with Crippen LogP contribution in [0.5, 0.6) is 0 Å². The fourth-order valence-corrected chi connectivity index (χ4v) is 1.71. The van der Waals surface area contributed by atoms with Crippen molar-refractivity contribution in [1.82, 2.24) is 0 Å². The standard InChI is InChI=1S/C12H15NO/c1-8(13)5-10-3-4-11-6-9(2)14-12(11)7-10/h3-4,6-8H,5,13H2,1-2H3. The number of nitrogens with two attached hydrogens (primary N) is 1. The van der Waals surface area contributed by atoms with Gasteiger partial charge in [0, 0.05) is 11.4 Å². The lowest BCUT2D eigenvalue weighted by Gasteiger charge is -2.04. The monoisotopic (exact) mass is 189 g/mol. The van der Waals surface area contributed by atoms with Crippen LogP contribution in [0.15, 0.2) is 28.7 Å². The van der Waals surface area contributed by atoms with E-state index < -0.39 is 0 Å². The van der Waals surface area contributed by atoms with E-state index in [4.69, 9.17) is 10.2 Å². The highest BCUT2D eigenvalue weighted by Crippen LogP contribution is 2.20. The quantitative estimate of drug-likeness (QED) is 0.788. The van der Waals surface area contributed by atoms with Gasteiger partial charge in [-0.25, -0.2) is 0 Å². The van der Waals surface area contributed by atoms with Crippen molar-refractivity contribution in [3.8, 4) is 0 Å². The Morgan fingerprint density at radius 2 is 2.14 bits per heavy atom. The Hall–Kier alpha value is -1.28. The number of hydrogen-bond acceptors (Lipinski definition) is 2. The molecule has 74 valence electrons. The van der Waals surface area contributed by atoms with Crippen LogP contribution in [0.4, 0.5) is 0 Å². The fraction of sp³-hybridized carbons (Fsp3) is 0.333. The van der Waals surface area contributed by atoms with Gasteiger partial charge in [0.25, 0.3) is 0 Å². The Kier molecular flexibility index (Phi) is 2.30. The van der Waals surface area contributed by atoms with Gasteiger partial charge in [-0.3, -0.25) is 0 Å². The fourth-order valence-electron chi connectivity index (χ4n) is 1.71. The molecular formula is C12H15NO. The van der Waals surface area contributed by atoms with E-state index in [1.807, 2.05) is 19.9 Å². The number of rotatable bonds is 2. The maximum Gasteiger partial charge on any atom is 0.134 e. The van der Waals surface area contributed by atoms with Crippen LogP contribution in [0.25, 0.3) is 11.0 Å². The van der Waals surface area contributed by atoms with Crippen LogP contribution in [0.2, 0.25) is 0 Å². The second-order valence-electron chi connectivity index (χ2n) is 3.91. The van der Waals surface area contributed by atoms with Crippen molar-refractivity contribution >= 4 is 11.0 Å². The Morgan fingerprint density at radius 1 is 1.36 bits per heavy atom. The molecule has 0 saturated heterocycles. The molecule has 0 radical (unpaired) electrons. The number of hydrogen-bond donors (Lipinski definition) is 1. The summed E-state index contributed by atoms with van der Waals surface area (Å²) in [4.78, 5) is 0. The van der Waals surface area contributed by atoms with Gasteiger partial charge < -0.3 is 10.2 Å². The van der Waals surface area contributed by atoms with E-state index in [0.717, 1.165) is 23.2 Å². The summed E-state index contributed by atoms with van der Waals surface area (Å²) in [6.07, 6.45) is 0.898. The number of fused-ring (bicyclic) bond motifs is 1. The first-order valence-electron chi connectivity index (χ1n) is 4.90. The zero-order chi connectivity index (χ0) is 10.1. The Morgan fingerprint density at radius 3 is 2.86 bits per heavy atom. The van der Waals surface area contributed by atoms with E-state index in [0.29, 0.717) is 0 Å². The van der Waals surface area contributed by atoms with Crippen LogP contribution < -0.4 is 5.73 Å². The topological polar surface area (TPSA) is 39.2 Å². The highest BCUT2D eigenvalue weighted by atomic mass is 16.3. The van der Waals surface area contributed by atoms with Crippen LogP contribution in [0.3, 0.4) is 0 Å². The van der Waals surface area contributed by atoms with Gasteiger partial charge in [0.1, 0.15) is 11.3 Å². The molecular weight excluding hydrogens is 174 g/mol. The lowest BCUT2D eigenvalue weighted by Crippen LogP contribution is -2.17. The molecule has 1 heterocycles. The minimum absolute atomic E-state index is 0.198. The van der Waals surface area contributed by atoms with Crippen LogP contribution >= 0.6 is 0 Å². The molecule has 14 heavy (non-hydrogen) atoms. The summed E-state index contributed by atoms with van der Waals surface area (Å²) in [5.41, 5.74) is 7.94. The summed E-state index contributed by atoms with van der Waals surface area (Å²) in [5, 5.41) is 1.16. The highest BCUT2D eigenvalue weighted by molar-refractivity contribution is 5.78. The van der Waals surface area contributed by atoms with E-state index in [1.54, 1.807) is 0 Å². The highest BCUT2D eigenvalue weighted by Gasteiger charge is 2.03. The molecule has 2 N–H and O–H groups in total. The molecule has 0 fully saturated rings. The lowest BCUT2D eigenvalue weighted by atomic mass is 10.1. The predicted octanol–water partition coefficient (Wildman–Crippen LogP) is 2.63.